The summed E-state index contributed by atoms with van der Waals surface area (Å²) in [6.45, 7) is 3.53. The summed E-state index contributed by atoms with van der Waals surface area (Å²) in [5, 5.41) is 3.82. The highest BCUT2D eigenvalue weighted by atomic mass is 35.5. The molecule has 2 aromatic rings. The number of pyridine rings is 1. The van der Waals surface area contributed by atoms with Crippen LogP contribution in [0.1, 0.15) is 12.2 Å². The number of nitrogens with two attached hydrogens (primary N) is 1. The summed E-state index contributed by atoms with van der Waals surface area (Å²) in [4.78, 5) is 10.8. The van der Waals surface area contributed by atoms with Gasteiger partial charge in [-0.3, -0.25) is 0 Å². The van der Waals surface area contributed by atoms with Crippen molar-refractivity contribution in [2.75, 3.05) is 18.0 Å². The predicted octanol–water partition coefficient (Wildman–Crippen LogP) is 1.82. The SMILES string of the molecule is Cc1noc(-c2cccnc2N2CCC(N)C2)n1.Cl.Cl. The molecule has 0 aliphatic carbocycles. The molecule has 0 aromatic carbocycles. The fourth-order valence-electron chi connectivity index (χ4n) is 2.20. The quantitative estimate of drug-likeness (QED) is 0.910. The van der Waals surface area contributed by atoms with Gasteiger partial charge in [0.1, 0.15) is 5.82 Å². The van der Waals surface area contributed by atoms with E-state index in [4.69, 9.17) is 10.3 Å². The summed E-state index contributed by atoms with van der Waals surface area (Å²) in [5.41, 5.74) is 6.80. The van der Waals surface area contributed by atoms with Gasteiger partial charge in [-0.2, -0.15) is 4.98 Å². The van der Waals surface area contributed by atoms with Crippen molar-refractivity contribution < 1.29 is 4.52 Å². The molecule has 6 nitrogen and oxygen atoms in total. The number of halogens is 2. The Morgan fingerprint density at radius 1 is 1.40 bits per heavy atom. The molecule has 8 heteroatoms. The Labute approximate surface area is 129 Å². The van der Waals surface area contributed by atoms with E-state index in [1.165, 1.54) is 0 Å². The van der Waals surface area contributed by atoms with Gasteiger partial charge in [-0.1, -0.05) is 5.16 Å². The first-order valence-corrected chi connectivity index (χ1v) is 6.00. The second-order valence-corrected chi connectivity index (χ2v) is 4.52. The number of hydrogen-bond donors (Lipinski definition) is 1. The van der Waals surface area contributed by atoms with Gasteiger partial charge in [-0.25, -0.2) is 4.98 Å². The molecule has 1 aliphatic heterocycles. The molecule has 1 unspecified atom stereocenters. The van der Waals surface area contributed by atoms with Crippen molar-refractivity contribution in [3.05, 3.63) is 24.2 Å². The van der Waals surface area contributed by atoms with Crippen molar-refractivity contribution in [3.8, 4) is 11.5 Å². The summed E-state index contributed by atoms with van der Waals surface area (Å²) in [5.74, 6) is 2.00. The largest absolute Gasteiger partial charge is 0.354 e. The molecule has 3 heterocycles. The third kappa shape index (κ3) is 3.20. The number of anilines is 1. The van der Waals surface area contributed by atoms with Crippen LogP contribution in [0.4, 0.5) is 5.82 Å². The molecule has 0 radical (unpaired) electrons. The average molecular weight is 318 g/mol. The second kappa shape index (κ2) is 6.88. The molecule has 3 rings (SSSR count). The molecular weight excluding hydrogens is 301 g/mol. The molecule has 20 heavy (non-hydrogen) atoms. The Morgan fingerprint density at radius 2 is 2.20 bits per heavy atom. The lowest BCUT2D eigenvalue weighted by Crippen LogP contribution is -2.27. The highest BCUT2D eigenvalue weighted by molar-refractivity contribution is 5.85. The molecule has 1 atom stereocenters. The Hall–Kier alpha value is -1.37. The maximum atomic E-state index is 5.93. The van der Waals surface area contributed by atoms with Crippen LogP contribution >= 0.6 is 24.8 Å². The van der Waals surface area contributed by atoms with E-state index < -0.39 is 0 Å². The van der Waals surface area contributed by atoms with Crippen LogP contribution in [0, 0.1) is 6.92 Å². The van der Waals surface area contributed by atoms with Crippen molar-refractivity contribution in [2.45, 2.75) is 19.4 Å². The van der Waals surface area contributed by atoms with E-state index in [0.29, 0.717) is 11.7 Å². The van der Waals surface area contributed by atoms with Crippen LogP contribution in [0.15, 0.2) is 22.9 Å². The van der Waals surface area contributed by atoms with E-state index in [9.17, 15) is 0 Å². The van der Waals surface area contributed by atoms with Gasteiger partial charge in [0.15, 0.2) is 5.82 Å². The van der Waals surface area contributed by atoms with Crippen LogP contribution in [0.5, 0.6) is 0 Å². The lowest BCUT2D eigenvalue weighted by molar-refractivity contribution is 0.425. The van der Waals surface area contributed by atoms with Crippen LogP contribution < -0.4 is 10.6 Å². The third-order valence-electron chi connectivity index (χ3n) is 3.07. The van der Waals surface area contributed by atoms with Crippen LogP contribution in [0.25, 0.3) is 11.5 Å². The molecule has 0 spiro atoms. The summed E-state index contributed by atoms with van der Waals surface area (Å²) in [7, 11) is 0. The van der Waals surface area contributed by atoms with Crippen molar-refractivity contribution in [1.29, 1.82) is 0 Å². The Balaban J connectivity index is 0.000001000. The third-order valence-corrected chi connectivity index (χ3v) is 3.07. The number of aromatic nitrogens is 3. The highest BCUT2D eigenvalue weighted by Crippen LogP contribution is 2.29. The highest BCUT2D eigenvalue weighted by Gasteiger charge is 2.24. The van der Waals surface area contributed by atoms with E-state index in [1.54, 1.807) is 13.1 Å². The molecule has 110 valence electrons. The molecule has 1 saturated heterocycles. The van der Waals surface area contributed by atoms with Crippen molar-refractivity contribution >= 4 is 30.6 Å². The van der Waals surface area contributed by atoms with Crippen LogP contribution in [0.2, 0.25) is 0 Å². The zero-order chi connectivity index (χ0) is 12.5. The molecule has 0 saturated carbocycles. The first-order chi connectivity index (χ1) is 8.74. The van der Waals surface area contributed by atoms with E-state index in [0.717, 1.165) is 30.9 Å². The summed E-state index contributed by atoms with van der Waals surface area (Å²) in [6, 6.07) is 4.03. The molecule has 1 aliphatic rings. The molecule has 2 aromatic heterocycles. The number of hydrogen-bond acceptors (Lipinski definition) is 6. The minimum atomic E-state index is 0. The van der Waals surface area contributed by atoms with Gasteiger partial charge in [0.2, 0.25) is 0 Å². The number of aryl methyl sites for hydroxylation is 1. The Morgan fingerprint density at radius 3 is 2.80 bits per heavy atom. The first kappa shape index (κ1) is 16.7. The minimum Gasteiger partial charge on any atom is -0.354 e. The van der Waals surface area contributed by atoms with E-state index in [1.807, 2.05) is 12.1 Å². The monoisotopic (exact) mass is 317 g/mol. The number of nitrogens with zero attached hydrogens (tertiary/aromatic N) is 4. The number of rotatable bonds is 2. The van der Waals surface area contributed by atoms with E-state index >= 15 is 0 Å². The van der Waals surface area contributed by atoms with Crippen molar-refractivity contribution in [3.63, 3.8) is 0 Å². The molecule has 0 amide bonds. The topological polar surface area (TPSA) is 81.1 Å². The molecule has 1 fully saturated rings. The summed E-state index contributed by atoms with van der Waals surface area (Å²) in [6.07, 6.45) is 2.75. The second-order valence-electron chi connectivity index (χ2n) is 4.52. The summed E-state index contributed by atoms with van der Waals surface area (Å²) >= 11 is 0. The average Bonchev–Trinajstić information content (AvgIpc) is 2.98. The zero-order valence-electron chi connectivity index (χ0n) is 11.0. The summed E-state index contributed by atoms with van der Waals surface area (Å²) < 4.78 is 5.22. The van der Waals surface area contributed by atoms with Gasteiger partial charge in [-0.05, 0) is 25.5 Å². The van der Waals surface area contributed by atoms with Gasteiger partial charge in [0.25, 0.3) is 5.89 Å². The fraction of sp³-hybridized carbons (Fsp3) is 0.417. The van der Waals surface area contributed by atoms with Crippen LogP contribution in [-0.2, 0) is 0 Å². The van der Waals surface area contributed by atoms with E-state index in [-0.39, 0.29) is 30.9 Å². The van der Waals surface area contributed by atoms with Crippen LogP contribution in [0.3, 0.4) is 0 Å². The fourth-order valence-corrected chi connectivity index (χ4v) is 2.20. The van der Waals surface area contributed by atoms with Gasteiger partial charge in [-0.15, -0.1) is 24.8 Å². The smallest absolute Gasteiger partial charge is 0.261 e. The van der Waals surface area contributed by atoms with Gasteiger partial charge >= 0.3 is 0 Å². The Kier molecular flexibility index (Phi) is 5.74. The van der Waals surface area contributed by atoms with Gasteiger partial charge in [0.05, 0.1) is 5.56 Å². The van der Waals surface area contributed by atoms with Crippen molar-refractivity contribution in [1.82, 2.24) is 15.1 Å². The Bertz CT molecular complexity index is 562. The van der Waals surface area contributed by atoms with Crippen LogP contribution in [-0.4, -0.2) is 34.3 Å². The normalized spacial score (nSPS) is 17.5. The lowest BCUT2D eigenvalue weighted by atomic mass is 10.2. The van der Waals surface area contributed by atoms with E-state index in [2.05, 4.69) is 20.0 Å². The molecular formula is C12H17Cl2N5O. The molecule has 2 N–H and O–H groups in total. The minimum absolute atomic E-state index is 0. The molecule has 0 bridgehead atoms. The standard InChI is InChI=1S/C12H15N5O.2ClH/c1-8-15-12(18-16-8)10-3-2-5-14-11(10)17-6-4-9(13)7-17;;/h2-3,5,9H,4,6-7,13H2,1H3;2*1H. The maximum absolute atomic E-state index is 5.93. The van der Waals surface area contributed by atoms with Gasteiger partial charge in [0, 0.05) is 25.3 Å². The first-order valence-electron chi connectivity index (χ1n) is 6.00. The predicted molar refractivity (Wildman–Crippen MR) is 81.6 cm³/mol. The maximum Gasteiger partial charge on any atom is 0.261 e. The lowest BCUT2D eigenvalue weighted by Gasteiger charge is -2.18. The van der Waals surface area contributed by atoms with Crippen molar-refractivity contribution in [2.24, 2.45) is 5.73 Å². The van der Waals surface area contributed by atoms with Gasteiger partial charge < -0.3 is 15.2 Å². The zero-order valence-corrected chi connectivity index (χ0v) is 12.7.